The molecule has 0 spiro atoms. The van der Waals surface area contributed by atoms with Gasteiger partial charge in [-0.1, -0.05) is 12.6 Å². The number of nitrogens with zero attached hydrogens (tertiary/aromatic N) is 5. The van der Waals surface area contributed by atoms with Crippen LogP contribution in [0.15, 0.2) is 42.9 Å². The van der Waals surface area contributed by atoms with Gasteiger partial charge < -0.3 is 15.2 Å². The first kappa shape index (κ1) is 27.6. The lowest BCUT2D eigenvalue weighted by atomic mass is 10.0. The standard InChI is InChI=1S/C28H28F3N7OS/c1-17(35-16-39)13-38-21(12-32)9-23-18(2)19(3-4-25(23)38)14-37-7-5-20(6-8-37)36-26-24-10-22(11-28(29,30)31)40-27(24)34-15-33-26/h3-4,9-10,15-16,20H,1,5-8,11,13-14H2,2H3,(H,35,39)(H,33,34,36). The summed E-state index contributed by atoms with van der Waals surface area (Å²) in [5.41, 5.74) is 4.21. The van der Waals surface area contributed by atoms with Crippen molar-refractivity contribution in [3.05, 3.63) is 64.6 Å². The molecule has 0 aliphatic carbocycles. The molecule has 208 valence electrons. The molecule has 1 aliphatic heterocycles. The van der Waals surface area contributed by atoms with Crippen molar-refractivity contribution in [2.24, 2.45) is 0 Å². The van der Waals surface area contributed by atoms with Crippen LogP contribution in [0, 0.1) is 18.3 Å². The minimum atomic E-state index is -4.26. The maximum absolute atomic E-state index is 12.9. The molecule has 5 rings (SSSR count). The Labute approximate surface area is 233 Å². The van der Waals surface area contributed by atoms with Gasteiger partial charge in [-0.25, -0.2) is 9.97 Å². The fourth-order valence-electron chi connectivity index (χ4n) is 5.25. The molecule has 3 aromatic heterocycles. The average molecular weight is 568 g/mol. The Balaban J connectivity index is 1.24. The van der Waals surface area contributed by atoms with Crippen LogP contribution in [0.3, 0.4) is 0 Å². The summed E-state index contributed by atoms with van der Waals surface area (Å²) in [6.45, 7) is 8.70. The minimum Gasteiger partial charge on any atom is -0.367 e. The van der Waals surface area contributed by atoms with Gasteiger partial charge in [0.15, 0.2) is 0 Å². The quantitative estimate of drug-likeness (QED) is 0.268. The topological polar surface area (TPSA) is 98.9 Å². The number of carbonyl (C=O) groups excluding carboxylic acids is 1. The van der Waals surface area contributed by atoms with Gasteiger partial charge in [0, 0.05) is 47.2 Å². The zero-order valence-corrected chi connectivity index (χ0v) is 22.7. The lowest BCUT2D eigenvalue weighted by Gasteiger charge is -2.33. The average Bonchev–Trinajstić information content (AvgIpc) is 3.47. The van der Waals surface area contributed by atoms with E-state index in [2.05, 4.69) is 51.1 Å². The number of benzene rings is 1. The molecule has 0 atom stereocenters. The van der Waals surface area contributed by atoms with Crippen LogP contribution >= 0.6 is 11.3 Å². The van der Waals surface area contributed by atoms with Gasteiger partial charge in [-0.15, -0.1) is 11.3 Å². The summed E-state index contributed by atoms with van der Waals surface area (Å²) < 4.78 is 40.4. The number of thiophene rings is 1. The third kappa shape index (κ3) is 5.95. The van der Waals surface area contributed by atoms with E-state index in [0.717, 1.165) is 60.3 Å². The van der Waals surface area contributed by atoms with Crippen molar-refractivity contribution in [1.82, 2.24) is 24.8 Å². The summed E-state index contributed by atoms with van der Waals surface area (Å²) in [5.74, 6) is 0.582. The third-order valence-corrected chi connectivity index (χ3v) is 8.31. The van der Waals surface area contributed by atoms with E-state index < -0.39 is 12.6 Å². The van der Waals surface area contributed by atoms with Gasteiger partial charge >= 0.3 is 6.18 Å². The van der Waals surface area contributed by atoms with Gasteiger partial charge in [-0.05, 0) is 49.1 Å². The molecule has 0 bridgehead atoms. The summed E-state index contributed by atoms with van der Waals surface area (Å²) >= 11 is 1.05. The predicted octanol–water partition coefficient (Wildman–Crippen LogP) is 5.27. The number of allylic oxidation sites excluding steroid dienone is 1. The highest BCUT2D eigenvalue weighted by atomic mass is 32.1. The fourth-order valence-corrected chi connectivity index (χ4v) is 6.28. The van der Waals surface area contributed by atoms with E-state index in [1.165, 1.54) is 11.9 Å². The summed E-state index contributed by atoms with van der Waals surface area (Å²) in [6, 6.07) is 9.91. The van der Waals surface area contributed by atoms with Crippen molar-refractivity contribution in [2.75, 3.05) is 18.4 Å². The van der Waals surface area contributed by atoms with Crippen LogP contribution in [-0.2, 0) is 24.3 Å². The smallest absolute Gasteiger partial charge is 0.367 e. The Morgan fingerprint density at radius 3 is 2.73 bits per heavy atom. The van der Waals surface area contributed by atoms with Gasteiger partial charge in [0.05, 0.1) is 18.4 Å². The van der Waals surface area contributed by atoms with Crippen LogP contribution < -0.4 is 10.6 Å². The predicted molar refractivity (Wildman–Crippen MR) is 149 cm³/mol. The third-order valence-electron chi connectivity index (χ3n) is 7.27. The van der Waals surface area contributed by atoms with Crippen molar-refractivity contribution >= 4 is 44.7 Å². The van der Waals surface area contributed by atoms with Gasteiger partial charge in [0.2, 0.25) is 6.41 Å². The van der Waals surface area contributed by atoms with Crippen LogP contribution in [0.1, 0.15) is 34.5 Å². The molecule has 0 unspecified atom stereocenters. The van der Waals surface area contributed by atoms with E-state index >= 15 is 0 Å². The van der Waals surface area contributed by atoms with Crippen LogP contribution in [0.2, 0.25) is 0 Å². The molecule has 1 amide bonds. The lowest BCUT2D eigenvalue weighted by Crippen LogP contribution is -2.39. The van der Waals surface area contributed by atoms with Crippen molar-refractivity contribution in [1.29, 1.82) is 5.26 Å². The maximum Gasteiger partial charge on any atom is 0.393 e. The van der Waals surface area contributed by atoms with E-state index in [1.54, 1.807) is 6.07 Å². The second-order valence-electron chi connectivity index (χ2n) is 10.0. The van der Waals surface area contributed by atoms with Gasteiger partial charge in [0.1, 0.15) is 28.7 Å². The molecular formula is C28H28F3N7OS. The number of amides is 1. The Morgan fingerprint density at radius 2 is 2.02 bits per heavy atom. The van der Waals surface area contributed by atoms with Crippen molar-refractivity contribution in [3.63, 3.8) is 0 Å². The Kier molecular flexibility index (Phi) is 7.78. The van der Waals surface area contributed by atoms with Crippen LogP contribution in [0.25, 0.3) is 21.1 Å². The molecule has 12 heteroatoms. The lowest BCUT2D eigenvalue weighted by molar-refractivity contribution is -0.126. The number of hydrogen-bond acceptors (Lipinski definition) is 7. The molecule has 2 N–H and O–H groups in total. The minimum absolute atomic E-state index is 0.157. The second-order valence-corrected chi connectivity index (χ2v) is 11.1. The largest absolute Gasteiger partial charge is 0.393 e. The first-order valence-corrected chi connectivity index (χ1v) is 13.7. The number of carbonyl (C=O) groups is 1. The Hall–Kier alpha value is -3.95. The van der Waals surface area contributed by atoms with E-state index in [9.17, 15) is 23.2 Å². The van der Waals surface area contributed by atoms with Gasteiger partial charge in [-0.3, -0.25) is 9.69 Å². The Morgan fingerprint density at radius 1 is 1.25 bits per heavy atom. The number of halogens is 3. The van der Waals surface area contributed by atoms with Crippen LogP contribution in [0.5, 0.6) is 0 Å². The summed E-state index contributed by atoms with van der Waals surface area (Å²) in [7, 11) is 0. The van der Waals surface area contributed by atoms with E-state index in [-0.39, 0.29) is 10.9 Å². The van der Waals surface area contributed by atoms with Gasteiger partial charge in [0.25, 0.3) is 0 Å². The highest BCUT2D eigenvalue weighted by molar-refractivity contribution is 7.18. The molecule has 1 aliphatic rings. The van der Waals surface area contributed by atoms with E-state index in [4.69, 9.17) is 0 Å². The zero-order chi connectivity index (χ0) is 28.4. The number of alkyl halides is 3. The molecule has 1 fully saturated rings. The molecule has 40 heavy (non-hydrogen) atoms. The highest BCUT2D eigenvalue weighted by Gasteiger charge is 2.29. The molecule has 0 radical (unpaired) electrons. The first-order chi connectivity index (χ1) is 19.1. The molecule has 1 saturated heterocycles. The molecule has 0 saturated carbocycles. The molecule has 1 aromatic carbocycles. The van der Waals surface area contributed by atoms with Crippen LogP contribution in [-0.4, -0.2) is 51.2 Å². The van der Waals surface area contributed by atoms with E-state index in [0.29, 0.717) is 40.4 Å². The molecule has 8 nitrogen and oxygen atoms in total. The summed E-state index contributed by atoms with van der Waals surface area (Å²) in [4.78, 5) is 22.4. The van der Waals surface area contributed by atoms with E-state index in [1.807, 2.05) is 16.7 Å². The Bertz CT molecular complexity index is 1610. The summed E-state index contributed by atoms with van der Waals surface area (Å²) in [6.07, 6.45) is -1.52. The zero-order valence-electron chi connectivity index (χ0n) is 21.9. The number of piperidine rings is 1. The monoisotopic (exact) mass is 567 g/mol. The van der Waals surface area contributed by atoms with Gasteiger partial charge in [-0.2, -0.15) is 18.4 Å². The normalized spacial score (nSPS) is 14.9. The molecule has 4 heterocycles. The number of rotatable bonds is 9. The first-order valence-electron chi connectivity index (χ1n) is 12.8. The number of aromatic nitrogens is 3. The maximum atomic E-state index is 12.9. The summed E-state index contributed by atoms with van der Waals surface area (Å²) in [5, 5.41) is 17.3. The highest BCUT2D eigenvalue weighted by Crippen LogP contribution is 2.33. The number of aryl methyl sites for hydroxylation is 1. The number of nitrogens with one attached hydrogen (secondary N) is 2. The molecule has 4 aromatic rings. The number of anilines is 1. The van der Waals surface area contributed by atoms with Crippen molar-refractivity contribution in [3.8, 4) is 6.07 Å². The fraction of sp³-hybridized carbons (Fsp3) is 0.357. The van der Waals surface area contributed by atoms with Crippen LogP contribution in [0.4, 0.5) is 19.0 Å². The number of hydrogen-bond donors (Lipinski definition) is 2. The second kappa shape index (κ2) is 11.3. The van der Waals surface area contributed by atoms with Crippen molar-refractivity contribution in [2.45, 2.75) is 51.5 Å². The molecular weight excluding hydrogens is 539 g/mol. The number of fused-ring (bicyclic) bond motifs is 2. The number of likely N-dealkylation sites (tertiary alicyclic amines) is 1. The SMILES string of the molecule is C=C(Cn1c(C#N)cc2c(C)c(CN3CCC(Nc4ncnc5sc(CC(F)(F)F)cc45)CC3)ccc21)NC=O. The number of nitriles is 1. The van der Waals surface area contributed by atoms with Crippen molar-refractivity contribution < 1.29 is 18.0 Å².